The van der Waals surface area contributed by atoms with Crippen molar-refractivity contribution < 1.29 is 0 Å². The minimum absolute atomic E-state index is 0.00327. The molecular weight excluding hydrogens is 540 g/mol. The Morgan fingerprint density at radius 2 is 1.07 bits per heavy atom. The molecule has 9 rings (SSSR count). The molecule has 44 heavy (non-hydrogen) atoms. The van der Waals surface area contributed by atoms with Crippen LogP contribution in [-0.2, 0) is 0 Å². The van der Waals surface area contributed by atoms with Gasteiger partial charge in [0, 0.05) is 68.1 Å². The topological polar surface area (TPSA) is 62.1 Å². The van der Waals surface area contributed by atoms with Crippen LogP contribution in [0, 0.1) is 5.92 Å². The second-order valence-corrected chi connectivity index (χ2v) is 11.9. The molecule has 0 N–H and O–H groups in total. The van der Waals surface area contributed by atoms with E-state index in [2.05, 4.69) is 106 Å². The lowest BCUT2D eigenvalue weighted by Crippen LogP contribution is -2.42. The first kappa shape index (κ1) is 25.3. The summed E-state index contributed by atoms with van der Waals surface area (Å²) in [5.41, 5.74) is 4.93. The molecule has 3 aromatic heterocycles. The van der Waals surface area contributed by atoms with Crippen LogP contribution in [0.15, 0.2) is 133 Å². The summed E-state index contributed by atoms with van der Waals surface area (Å²) in [5, 5.41) is 10.0. The molecule has 4 aromatic carbocycles. The van der Waals surface area contributed by atoms with Crippen LogP contribution in [0.5, 0.6) is 0 Å². The number of benzene rings is 4. The van der Waals surface area contributed by atoms with E-state index in [1.54, 1.807) is 0 Å². The van der Waals surface area contributed by atoms with Crippen LogP contribution in [0.4, 0.5) is 0 Å². The molecule has 1 aliphatic heterocycles. The van der Waals surface area contributed by atoms with Gasteiger partial charge in [0.1, 0.15) is 5.82 Å². The van der Waals surface area contributed by atoms with Crippen LogP contribution >= 0.6 is 0 Å². The summed E-state index contributed by atoms with van der Waals surface area (Å²) in [6, 6.07) is 37.3. The lowest BCUT2D eigenvalue weighted by atomic mass is 9.72. The van der Waals surface area contributed by atoms with Crippen molar-refractivity contribution in [2.45, 2.75) is 37.0 Å². The Balaban J connectivity index is 1.41. The molecule has 6 nitrogen and oxygen atoms in total. The summed E-state index contributed by atoms with van der Waals surface area (Å²) >= 11 is 0. The number of fused-ring (bicyclic) bond motifs is 6. The lowest BCUT2D eigenvalue weighted by molar-refractivity contribution is 0.136. The first-order chi connectivity index (χ1) is 21.9. The second kappa shape index (κ2) is 10.2. The average Bonchev–Trinajstić information content (AvgIpc) is 3.61. The van der Waals surface area contributed by atoms with Gasteiger partial charge in [0.2, 0.25) is 0 Å². The third-order valence-corrected chi connectivity index (χ3v) is 9.79. The third kappa shape index (κ3) is 3.77. The molecule has 0 amide bonds. The highest BCUT2D eigenvalue weighted by molar-refractivity contribution is 6.09. The number of rotatable bonds is 4. The number of nitrogens with zero attached hydrogens (tertiary/aromatic N) is 6. The van der Waals surface area contributed by atoms with E-state index < -0.39 is 0 Å². The molecule has 0 radical (unpaired) electrons. The first-order valence-electron chi connectivity index (χ1n) is 15.5. The molecule has 214 valence electrons. The maximum Gasteiger partial charge on any atom is 0.133 e. The summed E-state index contributed by atoms with van der Waals surface area (Å²) in [6.45, 7) is 0. The van der Waals surface area contributed by atoms with Crippen LogP contribution in [0.1, 0.15) is 36.7 Å². The van der Waals surface area contributed by atoms with Gasteiger partial charge < -0.3 is 19.4 Å². The highest BCUT2D eigenvalue weighted by atomic mass is 15.2. The zero-order valence-corrected chi connectivity index (χ0v) is 24.2. The molecule has 1 aliphatic carbocycles. The lowest BCUT2D eigenvalue weighted by Gasteiger charge is -2.50. The number of hydrogen-bond donors (Lipinski definition) is 0. The van der Waals surface area contributed by atoms with Gasteiger partial charge in [0.25, 0.3) is 0 Å². The van der Waals surface area contributed by atoms with Crippen molar-refractivity contribution in [1.29, 1.82) is 0 Å². The Bertz CT molecular complexity index is 2100. The molecule has 0 spiro atoms. The fraction of sp³-hybridized carbons (Fsp3) is 0.184. The molecule has 7 aromatic rings. The summed E-state index contributed by atoms with van der Waals surface area (Å²) in [6.07, 6.45) is 11.3. The minimum atomic E-state index is -0.168. The zero-order chi connectivity index (χ0) is 29.0. The molecule has 5 unspecified atom stereocenters. The van der Waals surface area contributed by atoms with Gasteiger partial charge in [-0.3, -0.25) is 0 Å². The SMILES string of the molecule is C1=C[N-]C(C2CCC(c3ncccn3)C(n3c4ccccc4c4ccccc43)C2n2c3ccccc3c3ccccc32)N=C1. The summed E-state index contributed by atoms with van der Waals surface area (Å²) in [7, 11) is 0. The Hall–Kier alpha value is -5.23. The smallest absolute Gasteiger partial charge is 0.133 e. The maximum absolute atomic E-state index is 4.98. The quantitative estimate of drug-likeness (QED) is 0.212. The molecule has 0 saturated heterocycles. The zero-order valence-electron chi connectivity index (χ0n) is 24.2. The van der Waals surface area contributed by atoms with Gasteiger partial charge in [0.05, 0.1) is 12.1 Å². The van der Waals surface area contributed by atoms with Crippen LogP contribution in [0.2, 0.25) is 0 Å². The second-order valence-electron chi connectivity index (χ2n) is 11.9. The van der Waals surface area contributed by atoms with E-state index in [1.165, 1.54) is 43.6 Å². The number of hydrogen-bond acceptors (Lipinski definition) is 3. The monoisotopic (exact) mass is 571 g/mol. The Morgan fingerprint density at radius 1 is 0.568 bits per heavy atom. The standard InChI is InChI=1S/C38H31N6/c1-5-15-31-25(11-1)26-12-2-6-16-32(26)43(31)35-29(37-39-21-9-22-40-37)19-20-30(38-41-23-10-24-42-38)36(35)44-33-17-7-3-13-27(33)28-14-4-8-18-34(28)44/h1-18,21-24,29-30,35-37H,19-20H2/q-1. The van der Waals surface area contributed by atoms with Crippen molar-refractivity contribution in [2.75, 3.05) is 0 Å². The summed E-state index contributed by atoms with van der Waals surface area (Å²) < 4.78 is 5.22. The maximum atomic E-state index is 4.98. The van der Waals surface area contributed by atoms with Crippen molar-refractivity contribution in [2.24, 2.45) is 10.9 Å². The van der Waals surface area contributed by atoms with Gasteiger partial charge in [-0.15, -0.1) is 0 Å². The van der Waals surface area contributed by atoms with E-state index in [4.69, 9.17) is 20.3 Å². The average molecular weight is 572 g/mol. The van der Waals surface area contributed by atoms with Gasteiger partial charge in [-0.05, 0) is 55.3 Å². The molecular formula is C38H31N6-. The molecule has 5 atom stereocenters. The van der Waals surface area contributed by atoms with Crippen molar-refractivity contribution in [3.63, 3.8) is 0 Å². The third-order valence-electron chi connectivity index (χ3n) is 9.79. The highest BCUT2D eigenvalue weighted by Gasteiger charge is 2.46. The Morgan fingerprint density at radius 3 is 1.57 bits per heavy atom. The number of allylic oxidation sites excluding steroid dienone is 1. The number of para-hydroxylation sites is 4. The van der Waals surface area contributed by atoms with Gasteiger partial charge >= 0.3 is 0 Å². The molecule has 0 bridgehead atoms. The van der Waals surface area contributed by atoms with E-state index in [0.717, 1.165) is 18.7 Å². The van der Waals surface area contributed by atoms with Crippen molar-refractivity contribution in [1.82, 2.24) is 19.1 Å². The van der Waals surface area contributed by atoms with Crippen LogP contribution in [-0.4, -0.2) is 31.5 Å². The van der Waals surface area contributed by atoms with Crippen LogP contribution < -0.4 is 0 Å². The summed E-state index contributed by atoms with van der Waals surface area (Å²) in [4.78, 5) is 14.8. The first-order valence-corrected chi connectivity index (χ1v) is 15.5. The molecule has 4 heterocycles. The molecule has 1 fully saturated rings. The van der Waals surface area contributed by atoms with Gasteiger partial charge in [0.15, 0.2) is 0 Å². The fourth-order valence-corrected chi connectivity index (χ4v) is 8.11. The highest BCUT2D eigenvalue weighted by Crippen LogP contribution is 2.55. The van der Waals surface area contributed by atoms with E-state index in [9.17, 15) is 0 Å². The normalized spacial score (nSPS) is 23.5. The minimum Gasteiger partial charge on any atom is -0.669 e. The van der Waals surface area contributed by atoms with Gasteiger partial charge in [-0.25, -0.2) is 9.97 Å². The predicted octanol–water partition coefficient (Wildman–Crippen LogP) is 8.97. The Kier molecular flexibility index (Phi) is 5.86. The van der Waals surface area contributed by atoms with E-state index >= 15 is 0 Å². The summed E-state index contributed by atoms with van der Waals surface area (Å²) in [5.74, 6) is 1.13. The van der Waals surface area contributed by atoms with E-state index in [0.29, 0.717) is 0 Å². The van der Waals surface area contributed by atoms with Crippen molar-refractivity contribution in [3.05, 3.63) is 139 Å². The van der Waals surface area contributed by atoms with E-state index in [1.807, 2.05) is 37.0 Å². The van der Waals surface area contributed by atoms with Crippen LogP contribution in [0.25, 0.3) is 48.9 Å². The number of aliphatic imine (C=N–C) groups is 1. The largest absolute Gasteiger partial charge is 0.669 e. The van der Waals surface area contributed by atoms with Crippen molar-refractivity contribution in [3.8, 4) is 0 Å². The number of aromatic nitrogens is 4. The molecule has 2 aliphatic rings. The van der Waals surface area contributed by atoms with Crippen LogP contribution in [0.3, 0.4) is 0 Å². The predicted molar refractivity (Wildman–Crippen MR) is 179 cm³/mol. The fourth-order valence-electron chi connectivity index (χ4n) is 8.11. The van der Waals surface area contributed by atoms with E-state index in [-0.39, 0.29) is 30.1 Å². The Labute approximate surface area is 255 Å². The molecule has 6 heteroatoms. The van der Waals surface area contributed by atoms with Crippen molar-refractivity contribution >= 4 is 49.8 Å². The van der Waals surface area contributed by atoms with Gasteiger partial charge in [-0.1, -0.05) is 78.9 Å². The van der Waals surface area contributed by atoms with Gasteiger partial charge in [-0.2, -0.15) is 6.20 Å². The molecule has 1 saturated carbocycles.